The number of ether oxygens (including phenoxy) is 1. The molecule has 0 saturated carbocycles. The molecule has 0 amide bonds. The molecule has 1 aliphatic heterocycles. The third kappa shape index (κ3) is 4.64. The Morgan fingerprint density at radius 2 is 2.29 bits per heavy atom. The number of likely N-dealkylation sites (N-methyl/N-ethyl adjacent to an activating group) is 1. The molecule has 0 spiro atoms. The summed E-state index contributed by atoms with van der Waals surface area (Å²) in [6.45, 7) is 6.56. The first-order chi connectivity index (χ1) is 9.94. The quantitative estimate of drug-likeness (QED) is 0.837. The molecule has 1 aromatic rings. The zero-order valence-corrected chi connectivity index (χ0v) is 12.7. The van der Waals surface area contributed by atoms with Crippen molar-refractivity contribution in [2.75, 3.05) is 44.7 Å². The van der Waals surface area contributed by atoms with Crippen molar-refractivity contribution in [2.24, 2.45) is 0 Å². The van der Waals surface area contributed by atoms with E-state index in [0.717, 1.165) is 23.9 Å². The van der Waals surface area contributed by atoms with Crippen LogP contribution in [0.2, 0.25) is 0 Å². The van der Waals surface area contributed by atoms with E-state index in [4.69, 9.17) is 9.84 Å². The van der Waals surface area contributed by atoms with Gasteiger partial charge in [0.1, 0.15) is 11.6 Å². The number of hydrogen-bond donors (Lipinski definition) is 1. The van der Waals surface area contributed by atoms with Gasteiger partial charge in [-0.1, -0.05) is 0 Å². The second-order valence-electron chi connectivity index (χ2n) is 5.44. The van der Waals surface area contributed by atoms with Crippen molar-refractivity contribution in [3.05, 3.63) is 17.6 Å². The predicted octanol–water partition coefficient (Wildman–Crippen LogP) is 0.315. The molecule has 1 N–H and O–H groups in total. The van der Waals surface area contributed by atoms with E-state index in [9.17, 15) is 4.79 Å². The predicted molar refractivity (Wildman–Crippen MR) is 78.6 cm³/mol. The van der Waals surface area contributed by atoms with Gasteiger partial charge in [0.15, 0.2) is 0 Å². The van der Waals surface area contributed by atoms with Crippen LogP contribution in [0.1, 0.15) is 11.5 Å². The van der Waals surface area contributed by atoms with Crippen LogP contribution in [0, 0.1) is 13.8 Å². The third-order valence-corrected chi connectivity index (χ3v) is 3.34. The lowest BCUT2D eigenvalue weighted by molar-refractivity contribution is -0.138. The summed E-state index contributed by atoms with van der Waals surface area (Å²) in [6, 6.07) is 1.97. The topological polar surface area (TPSA) is 78.8 Å². The van der Waals surface area contributed by atoms with Gasteiger partial charge < -0.3 is 14.7 Å². The minimum Gasteiger partial charge on any atom is -0.480 e. The van der Waals surface area contributed by atoms with E-state index in [1.165, 1.54) is 0 Å². The van der Waals surface area contributed by atoms with Gasteiger partial charge in [-0.05, 0) is 20.9 Å². The summed E-state index contributed by atoms with van der Waals surface area (Å²) in [4.78, 5) is 23.4. The fraction of sp³-hybridized carbons (Fsp3) is 0.643. The molecule has 7 heteroatoms. The second kappa shape index (κ2) is 6.82. The van der Waals surface area contributed by atoms with E-state index in [1.807, 2.05) is 19.9 Å². The smallest absolute Gasteiger partial charge is 0.317 e. The van der Waals surface area contributed by atoms with E-state index in [0.29, 0.717) is 19.7 Å². The molecule has 2 rings (SSSR count). The van der Waals surface area contributed by atoms with Crippen molar-refractivity contribution in [3.63, 3.8) is 0 Å². The molecule has 21 heavy (non-hydrogen) atoms. The summed E-state index contributed by atoms with van der Waals surface area (Å²) in [7, 11) is 1.79. The van der Waals surface area contributed by atoms with Gasteiger partial charge in [-0.25, -0.2) is 9.97 Å². The second-order valence-corrected chi connectivity index (χ2v) is 5.44. The number of aromatic nitrogens is 2. The Balaban J connectivity index is 1.98. The van der Waals surface area contributed by atoms with E-state index in [2.05, 4.69) is 14.9 Å². The van der Waals surface area contributed by atoms with Crippen LogP contribution in [0.5, 0.6) is 0 Å². The highest BCUT2D eigenvalue weighted by Gasteiger charge is 2.23. The average molecular weight is 294 g/mol. The molecular weight excluding hydrogens is 272 g/mol. The number of carboxylic acid groups (broad SMARTS) is 1. The Kier molecular flexibility index (Phi) is 5.08. The molecule has 116 valence electrons. The Bertz CT molecular complexity index is 489. The maximum Gasteiger partial charge on any atom is 0.317 e. The first-order valence-electron chi connectivity index (χ1n) is 7.03. The monoisotopic (exact) mass is 294 g/mol. The lowest BCUT2D eigenvalue weighted by Crippen LogP contribution is -2.48. The highest BCUT2D eigenvalue weighted by molar-refractivity contribution is 5.69. The summed E-state index contributed by atoms with van der Waals surface area (Å²) in [5.41, 5.74) is 0.948. The highest BCUT2D eigenvalue weighted by atomic mass is 16.5. The van der Waals surface area contributed by atoms with Crippen LogP contribution in [0.4, 0.5) is 5.82 Å². The van der Waals surface area contributed by atoms with Gasteiger partial charge in [0.25, 0.3) is 0 Å². The molecule has 1 aliphatic rings. The summed E-state index contributed by atoms with van der Waals surface area (Å²) in [5.74, 6) is 0.845. The SMILES string of the molecule is Cc1cc(N2CCOC(CN(C)CC(=O)O)C2)nc(C)n1. The van der Waals surface area contributed by atoms with Crippen LogP contribution in [0.15, 0.2) is 6.07 Å². The van der Waals surface area contributed by atoms with Crippen molar-refractivity contribution in [1.29, 1.82) is 0 Å². The molecule has 7 nitrogen and oxygen atoms in total. The van der Waals surface area contributed by atoms with Crippen molar-refractivity contribution >= 4 is 11.8 Å². The molecule has 0 radical (unpaired) electrons. The first kappa shape index (κ1) is 15.7. The summed E-state index contributed by atoms with van der Waals surface area (Å²) < 4.78 is 5.72. The maximum absolute atomic E-state index is 10.7. The van der Waals surface area contributed by atoms with Gasteiger partial charge in [0, 0.05) is 31.4 Å². The standard InChI is InChI=1S/C14H22N4O3/c1-10-6-13(16-11(2)15-10)18-4-5-21-12(8-18)7-17(3)9-14(19)20/h6,12H,4-5,7-9H2,1-3H3,(H,19,20). The van der Waals surface area contributed by atoms with Crippen molar-refractivity contribution < 1.29 is 14.6 Å². The van der Waals surface area contributed by atoms with Crippen LogP contribution in [-0.2, 0) is 9.53 Å². The van der Waals surface area contributed by atoms with Crippen LogP contribution in [-0.4, -0.2) is 71.9 Å². The largest absolute Gasteiger partial charge is 0.480 e. The van der Waals surface area contributed by atoms with E-state index in [1.54, 1.807) is 11.9 Å². The van der Waals surface area contributed by atoms with Gasteiger partial charge in [-0.2, -0.15) is 0 Å². The number of hydrogen-bond acceptors (Lipinski definition) is 6. The summed E-state index contributed by atoms with van der Waals surface area (Å²) >= 11 is 0. The Labute approximate surface area is 124 Å². The van der Waals surface area contributed by atoms with Crippen molar-refractivity contribution in [3.8, 4) is 0 Å². The van der Waals surface area contributed by atoms with E-state index >= 15 is 0 Å². The zero-order chi connectivity index (χ0) is 15.4. The summed E-state index contributed by atoms with van der Waals surface area (Å²) in [5, 5.41) is 8.79. The number of morpholine rings is 1. The van der Waals surface area contributed by atoms with Gasteiger partial charge >= 0.3 is 5.97 Å². The Morgan fingerprint density at radius 3 is 2.95 bits per heavy atom. The number of carboxylic acids is 1. The van der Waals surface area contributed by atoms with Gasteiger partial charge in [0.2, 0.25) is 0 Å². The number of nitrogens with zero attached hydrogens (tertiary/aromatic N) is 4. The molecule has 1 unspecified atom stereocenters. The van der Waals surface area contributed by atoms with Crippen molar-refractivity contribution in [2.45, 2.75) is 20.0 Å². The Morgan fingerprint density at radius 1 is 1.52 bits per heavy atom. The lowest BCUT2D eigenvalue weighted by Gasteiger charge is -2.35. The molecule has 1 saturated heterocycles. The van der Waals surface area contributed by atoms with Gasteiger partial charge in [-0.3, -0.25) is 9.69 Å². The highest BCUT2D eigenvalue weighted by Crippen LogP contribution is 2.16. The fourth-order valence-electron chi connectivity index (χ4n) is 2.54. The molecule has 0 bridgehead atoms. The van der Waals surface area contributed by atoms with Crippen LogP contribution in [0.25, 0.3) is 0 Å². The number of aryl methyl sites for hydroxylation is 2. The minimum absolute atomic E-state index is 0.0151. The lowest BCUT2D eigenvalue weighted by atomic mass is 10.2. The zero-order valence-electron chi connectivity index (χ0n) is 12.7. The maximum atomic E-state index is 10.7. The summed E-state index contributed by atoms with van der Waals surface area (Å²) in [6.07, 6.45) is -0.0151. The van der Waals surface area contributed by atoms with Gasteiger partial charge in [0.05, 0.1) is 19.3 Å². The number of aliphatic carboxylic acids is 1. The molecule has 1 aromatic heterocycles. The first-order valence-corrected chi connectivity index (χ1v) is 7.03. The van der Waals surface area contributed by atoms with E-state index in [-0.39, 0.29) is 12.6 Å². The molecular formula is C14H22N4O3. The molecule has 0 aromatic carbocycles. The average Bonchev–Trinajstić information content (AvgIpc) is 2.36. The van der Waals surface area contributed by atoms with Crippen LogP contribution in [0.3, 0.4) is 0 Å². The molecule has 1 fully saturated rings. The number of anilines is 1. The molecule has 2 heterocycles. The number of carbonyl (C=O) groups is 1. The molecule has 1 atom stereocenters. The normalized spacial score (nSPS) is 19.0. The molecule has 0 aliphatic carbocycles. The third-order valence-electron chi connectivity index (χ3n) is 3.34. The number of rotatable bonds is 5. The Hall–Kier alpha value is -1.73. The van der Waals surface area contributed by atoms with Crippen LogP contribution < -0.4 is 4.90 Å². The van der Waals surface area contributed by atoms with E-state index < -0.39 is 5.97 Å². The minimum atomic E-state index is -0.827. The van der Waals surface area contributed by atoms with Crippen molar-refractivity contribution in [1.82, 2.24) is 14.9 Å². The fourth-order valence-corrected chi connectivity index (χ4v) is 2.54. The van der Waals surface area contributed by atoms with Crippen LogP contribution >= 0.6 is 0 Å². The van der Waals surface area contributed by atoms with Gasteiger partial charge in [-0.15, -0.1) is 0 Å².